The molecule has 1 aromatic rings. The van der Waals surface area contributed by atoms with Crippen LogP contribution in [0.1, 0.15) is 67.4 Å². The maximum atomic E-state index is 4.86. The van der Waals surface area contributed by atoms with Gasteiger partial charge in [0.05, 0.1) is 11.7 Å². The average molecular weight is 247 g/mol. The van der Waals surface area contributed by atoms with E-state index in [1.165, 1.54) is 49.9 Å². The van der Waals surface area contributed by atoms with Gasteiger partial charge in [0, 0.05) is 5.69 Å². The third-order valence-electron chi connectivity index (χ3n) is 4.80. The van der Waals surface area contributed by atoms with Gasteiger partial charge in [-0.1, -0.05) is 12.8 Å². The number of aryl methyl sites for hydroxylation is 1. The maximum Gasteiger partial charge on any atom is 0.0631 e. The van der Waals surface area contributed by atoms with Crippen LogP contribution in [0.5, 0.6) is 0 Å². The fraction of sp³-hybridized carbons (Fsp3) is 0.800. The Morgan fingerprint density at radius 2 is 1.72 bits per heavy atom. The Bertz CT molecular complexity index is 410. The predicted octanol–water partition coefficient (Wildman–Crippen LogP) is 3.08. The molecule has 3 rings (SSSR count). The summed E-state index contributed by atoms with van der Waals surface area (Å²) in [6, 6.07) is 0.680. The van der Waals surface area contributed by atoms with Gasteiger partial charge < -0.3 is 5.32 Å². The van der Waals surface area contributed by atoms with Gasteiger partial charge in [-0.3, -0.25) is 4.68 Å². The Morgan fingerprint density at radius 3 is 2.39 bits per heavy atom. The van der Waals surface area contributed by atoms with Gasteiger partial charge in [0.15, 0.2) is 0 Å². The highest BCUT2D eigenvalue weighted by molar-refractivity contribution is 5.29. The van der Waals surface area contributed by atoms with Crippen molar-refractivity contribution in [2.45, 2.75) is 64.3 Å². The second-order valence-corrected chi connectivity index (χ2v) is 5.99. The highest BCUT2D eigenvalue weighted by Crippen LogP contribution is 2.35. The van der Waals surface area contributed by atoms with Crippen LogP contribution in [0.3, 0.4) is 0 Å². The van der Waals surface area contributed by atoms with Crippen LogP contribution in [0, 0.1) is 13.8 Å². The number of hydrogen-bond acceptors (Lipinski definition) is 2. The molecule has 0 unspecified atom stereocenters. The molecule has 0 aromatic carbocycles. The Kier molecular flexibility index (Phi) is 3.42. The van der Waals surface area contributed by atoms with E-state index in [-0.39, 0.29) is 0 Å². The second kappa shape index (κ2) is 5.04. The molecule has 0 bridgehead atoms. The standard InChI is InChI=1S/C15H25N3/c1-11-15(13-7-9-16-10-8-13)12(2)18(17-11)14-5-3-4-6-14/h13-14,16H,3-10H2,1-2H3. The monoisotopic (exact) mass is 247 g/mol. The quantitative estimate of drug-likeness (QED) is 0.870. The van der Waals surface area contributed by atoms with Gasteiger partial charge in [-0.05, 0) is 64.1 Å². The maximum absolute atomic E-state index is 4.86. The van der Waals surface area contributed by atoms with Gasteiger partial charge in [0.1, 0.15) is 0 Å². The van der Waals surface area contributed by atoms with E-state index in [9.17, 15) is 0 Å². The zero-order valence-corrected chi connectivity index (χ0v) is 11.7. The molecule has 1 aliphatic carbocycles. The van der Waals surface area contributed by atoms with Crippen LogP contribution in [0.25, 0.3) is 0 Å². The van der Waals surface area contributed by atoms with E-state index in [1.807, 2.05) is 0 Å². The van der Waals surface area contributed by atoms with Crippen LogP contribution in [-0.4, -0.2) is 22.9 Å². The molecule has 0 amide bonds. The van der Waals surface area contributed by atoms with Crippen LogP contribution in [0.15, 0.2) is 0 Å². The normalized spacial score (nSPS) is 22.8. The predicted molar refractivity (Wildman–Crippen MR) is 74.1 cm³/mol. The first kappa shape index (κ1) is 12.2. The van der Waals surface area contributed by atoms with Crippen LogP contribution in [0.4, 0.5) is 0 Å². The Morgan fingerprint density at radius 1 is 1.06 bits per heavy atom. The summed E-state index contributed by atoms with van der Waals surface area (Å²) in [4.78, 5) is 0. The molecule has 1 aromatic heterocycles. The summed E-state index contributed by atoms with van der Waals surface area (Å²) in [6.07, 6.45) is 7.97. The minimum Gasteiger partial charge on any atom is -0.317 e. The SMILES string of the molecule is Cc1nn(C2CCCC2)c(C)c1C1CCNCC1. The van der Waals surface area contributed by atoms with E-state index in [2.05, 4.69) is 23.8 Å². The fourth-order valence-corrected chi connectivity index (χ4v) is 3.88. The summed E-state index contributed by atoms with van der Waals surface area (Å²) in [5.74, 6) is 0.737. The zero-order chi connectivity index (χ0) is 12.5. The molecule has 100 valence electrons. The molecule has 0 atom stereocenters. The molecular formula is C15H25N3. The number of nitrogens with zero attached hydrogens (tertiary/aromatic N) is 2. The van der Waals surface area contributed by atoms with Crippen molar-refractivity contribution < 1.29 is 0 Å². The molecule has 18 heavy (non-hydrogen) atoms. The minimum atomic E-state index is 0.680. The van der Waals surface area contributed by atoms with Crippen molar-refractivity contribution in [2.75, 3.05) is 13.1 Å². The Labute approximate surface area is 110 Å². The lowest BCUT2D eigenvalue weighted by Gasteiger charge is -2.23. The van der Waals surface area contributed by atoms with Gasteiger partial charge in [-0.15, -0.1) is 0 Å². The van der Waals surface area contributed by atoms with Crippen LogP contribution >= 0.6 is 0 Å². The average Bonchev–Trinajstić information content (AvgIpc) is 2.99. The number of rotatable bonds is 2. The van der Waals surface area contributed by atoms with Crippen LogP contribution < -0.4 is 5.32 Å². The lowest BCUT2D eigenvalue weighted by atomic mass is 9.89. The van der Waals surface area contributed by atoms with E-state index >= 15 is 0 Å². The third-order valence-corrected chi connectivity index (χ3v) is 4.80. The van der Waals surface area contributed by atoms with E-state index in [4.69, 9.17) is 5.10 Å². The topological polar surface area (TPSA) is 29.9 Å². The van der Waals surface area contributed by atoms with Crippen molar-refractivity contribution >= 4 is 0 Å². The first-order valence-corrected chi connectivity index (χ1v) is 7.53. The Hall–Kier alpha value is -0.830. The highest BCUT2D eigenvalue weighted by atomic mass is 15.3. The fourth-order valence-electron chi connectivity index (χ4n) is 3.88. The molecule has 1 N–H and O–H groups in total. The van der Waals surface area contributed by atoms with E-state index in [1.54, 1.807) is 5.56 Å². The Balaban J connectivity index is 1.89. The van der Waals surface area contributed by atoms with E-state index in [0.29, 0.717) is 6.04 Å². The summed E-state index contributed by atoms with van der Waals surface area (Å²) in [6.45, 7) is 6.82. The van der Waals surface area contributed by atoms with Crippen molar-refractivity contribution in [3.8, 4) is 0 Å². The molecule has 1 saturated carbocycles. The van der Waals surface area contributed by atoms with Gasteiger partial charge in [-0.2, -0.15) is 5.10 Å². The van der Waals surface area contributed by atoms with Crippen LogP contribution in [0.2, 0.25) is 0 Å². The van der Waals surface area contributed by atoms with Gasteiger partial charge in [-0.25, -0.2) is 0 Å². The van der Waals surface area contributed by atoms with Crippen molar-refractivity contribution in [3.05, 3.63) is 17.0 Å². The molecule has 1 aliphatic heterocycles. The van der Waals surface area contributed by atoms with Crippen molar-refractivity contribution in [3.63, 3.8) is 0 Å². The lowest BCUT2D eigenvalue weighted by molar-refractivity contribution is 0.444. The molecule has 1 saturated heterocycles. The lowest BCUT2D eigenvalue weighted by Crippen LogP contribution is -2.27. The van der Waals surface area contributed by atoms with Crippen molar-refractivity contribution in [1.29, 1.82) is 0 Å². The molecule has 3 heteroatoms. The zero-order valence-electron chi connectivity index (χ0n) is 11.7. The summed E-state index contributed by atoms with van der Waals surface area (Å²) in [5.41, 5.74) is 4.29. The summed E-state index contributed by atoms with van der Waals surface area (Å²) >= 11 is 0. The molecule has 2 heterocycles. The first-order chi connectivity index (χ1) is 8.77. The third kappa shape index (κ3) is 2.09. The molecular weight excluding hydrogens is 222 g/mol. The largest absolute Gasteiger partial charge is 0.317 e. The molecule has 3 nitrogen and oxygen atoms in total. The van der Waals surface area contributed by atoms with Gasteiger partial charge in [0.25, 0.3) is 0 Å². The summed E-state index contributed by atoms with van der Waals surface area (Å²) in [5, 5.41) is 8.32. The number of hydrogen-bond donors (Lipinski definition) is 1. The molecule has 2 fully saturated rings. The van der Waals surface area contributed by atoms with Crippen molar-refractivity contribution in [2.24, 2.45) is 0 Å². The molecule has 0 spiro atoms. The molecule has 0 radical (unpaired) electrons. The van der Waals surface area contributed by atoms with E-state index in [0.717, 1.165) is 19.0 Å². The molecule has 2 aliphatic rings. The summed E-state index contributed by atoms with van der Waals surface area (Å²) in [7, 11) is 0. The van der Waals surface area contributed by atoms with Gasteiger partial charge in [0.2, 0.25) is 0 Å². The number of aromatic nitrogens is 2. The summed E-state index contributed by atoms with van der Waals surface area (Å²) < 4.78 is 2.35. The van der Waals surface area contributed by atoms with E-state index < -0.39 is 0 Å². The highest BCUT2D eigenvalue weighted by Gasteiger charge is 2.26. The second-order valence-electron chi connectivity index (χ2n) is 5.99. The van der Waals surface area contributed by atoms with Crippen LogP contribution in [-0.2, 0) is 0 Å². The first-order valence-electron chi connectivity index (χ1n) is 7.53. The minimum absolute atomic E-state index is 0.680. The smallest absolute Gasteiger partial charge is 0.0631 e. The number of piperidine rings is 1. The van der Waals surface area contributed by atoms with Gasteiger partial charge >= 0.3 is 0 Å². The number of nitrogens with one attached hydrogen (secondary N) is 1. The van der Waals surface area contributed by atoms with Crippen molar-refractivity contribution in [1.82, 2.24) is 15.1 Å².